The fourth-order valence-corrected chi connectivity index (χ4v) is 3.14. The van der Waals surface area contributed by atoms with Crippen LogP contribution in [0, 0.1) is 0 Å². The number of anilines is 1. The fraction of sp³-hybridized carbons (Fsp3) is 0.562. The molecule has 2 aliphatic rings. The van der Waals surface area contributed by atoms with Gasteiger partial charge in [-0.25, -0.2) is 0 Å². The minimum absolute atomic E-state index is 0.169. The molecule has 0 unspecified atom stereocenters. The smallest absolute Gasteiger partial charge is 0.224 e. The molecule has 0 atom stereocenters. The Balaban J connectivity index is 1.41. The molecular weight excluding hydrogens is 304 g/mol. The predicted octanol–water partition coefficient (Wildman–Crippen LogP) is 2.51. The summed E-state index contributed by atoms with van der Waals surface area (Å²) in [5.41, 5.74) is 0.936. The van der Waals surface area contributed by atoms with Gasteiger partial charge >= 0.3 is 0 Å². The molecule has 120 valence electrons. The molecule has 3 rings (SSSR count). The summed E-state index contributed by atoms with van der Waals surface area (Å²) in [6.07, 6.45) is 2.00. The van der Waals surface area contributed by atoms with Crippen LogP contribution in [-0.4, -0.2) is 49.4 Å². The molecule has 22 heavy (non-hydrogen) atoms. The molecule has 1 N–H and O–H groups in total. The van der Waals surface area contributed by atoms with E-state index < -0.39 is 5.79 Å². The third-order valence-electron chi connectivity index (χ3n) is 4.18. The number of piperidine rings is 1. The van der Waals surface area contributed by atoms with Crippen LogP contribution in [0.1, 0.15) is 19.3 Å². The summed E-state index contributed by atoms with van der Waals surface area (Å²) in [5, 5.41) is 3.91. The van der Waals surface area contributed by atoms with Crippen molar-refractivity contribution in [2.75, 3.05) is 38.2 Å². The SMILES string of the molecule is O=C(CCNc1cccc(Cl)c1)N1CCC2(CC1)OCCO2. The summed E-state index contributed by atoms with van der Waals surface area (Å²) in [5.74, 6) is -0.252. The number of hydrogen-bond donors (Lipinski definition) is 1. The number of carbonyl (C=O) groups excluding carboxylic acids is 1. The first-order chi connectivity index (χ1) is 10.7. The van der Waals surface area contributed by atoms with Crippen molar-refractivity contribution in [1.29, 1.82) is 0 Å². The Kier molecular flexibility index (Phi) is 4.86. The second-order valence-corrected chi connectivity index (χ2v) is 6.11. The highest BCUT2D eigenvalue weighted by atomic mass is 35.5. The summed E-state index contributed by atoms with van der Waals surface area (Å²) in [4.78, 5) is 14.1. The van der Waals surface area contributed by atoms with E-state index in [-0.39, 0.29) is 5.91 Å². The van der Waals surface area contributed by atoms with Crippen LogP contribution in [-0.2, 0) is 14.3 Å². The normalized spacial score (nSPS) is 20.3. The maximum absolute atomic E-state index is 12.2. The lowest BCUT2D eigenvalue weighted by molar-refractivity contribution is -0.187. The van der Waals surface area contributed by atoms with Crippen molar-refractivity contribution in [3.05, 3.63) is 29.3 Å². The van der Waals surface area contributed by atoms with Crippen LogP contribution in [0.25, 0.3) is 0 Å². The van der Waals surface area contributed by atoms with Crippen LogP contribution in [0.15, 0.2) is 24.3 Å². The van der Waals surface area contributed by atoms with Gasteiger partial charge in [-0.3, -0.25) is 4.79 Å². The third kappa shape index (κ3) is 3.72. The average molecular weight is 325 g/mol. The molecule has 2 fully saturated rings. The van der Waals surface area contributed by atoms with Crippen molar-refractivity contribution in [3.8, 4) is 0 Å². The molecule has 1 amide bonds. The van der Waals surface area contributed by atoms with Gasteiger partial charge in [0.2, 0.25) is 5.91 Å². The minimum atomic E-state index is -0.421. The second kappa shape index (κ2) is 6.86. The topological polar surface area (TPSA) is 50.8 Å². The van der Waals surface area contributed by atoms with Gasteiger partial charge in [0.15, 0.2) is 5.79 Å². The zero-order valence-electron chi connectivity index (χ0n) is 12.5. The number of rotatable bonds is 4. The quantitative estimate of drug-likeness (QED) is 0.924. The number of carbonyl (C=O) groups is 1. The number of ether oxygens (including phenoxy) is 2. The third-order valence-corrected chi connectivity index (χ3v) is 4.42. The van der Waals surface area contributed by atoms with E-state index in [1.807, 2.05) is 29.2 Å². The van der Waals surface area contributed by atoms with Gasteiger partial charge in [0.1, 0.15) is 0 Å². The summed E-state index contributed by atoms with van der Waals surface area (Å²) >= 11 is 5.93. The van der Waals surface area contributed by atoms with E-state index in [2.05, 4.69) is 5.32 Å². The van der Waals surface area contributed by atoms with Crippen molar-refractivity contribution in [1.82, 2.24) is 4.90 Å². The van der Waals surface area contributed by atoms with Crippen molar-refractivity contribution in [2.24, 2.45) is 0 Å². The van der Waals surface area contributed by atoms with Crippen molar-refractivity contribution in [2.45, 2.75) is 25.0 Å². The molecule has 1 spiro atoms. The Morgan fingerprint density at radius 2 is 2.00 bits per heavy atom. The van der Waals surface area contributed by atoms with Crippen LogP contribution in [0.3, 0.4) is 0 Å². The standard InChI is InChI=1S/C16H21ClN2O3/c17-13-2-1-3-14(12-13)18-7-4-15(20)19-8-5-16(6-9-19)21-10-11-22-16/h1-3,12,18H,4-11H2. The van der Waals surface area contributed by atoms with E-state index in [1.165, 1.54) is 0 Å². The number of halogens is 1. The molecule has 0 radical (unpaired) electrons. The Bertz CT molecular complexity index is 522. The number of hydrogen-bond acceptors (Lipinski definition) is 4. The molecule has 0 aromatic heterocycles. The largest absolute Gasteiger partial charge is 0.384 e. The molecule has 0 saturated carbocycles. The van der Waals surface area contributed by atoms with Crippen LogP contribution in [0.5, 0.6) is 0 Å². The summed E-state index contributed by atoms with van der Waals surface area (Å²) in [7, 11) is 0. The average Bonchev–Trinajstić information content (AvgIpc) is 2.96. The monoisotopic (exact) mass is 324 g/mol. The van der Waals surface area contributed by atoms with Gasteiger partial charge in [0.25, 0.3) is 0 Å². The van der Waals surface area contributed by atoms with Crippen molar-refractivity contribution < 1.29 is 14.3 Å². The van der Waals surface area contributed by atoms with E-state index in [0.29, 0.717) is 44.3 Å². The Morgan fingerprint density at radius 1 is 1.27 bits per heavy atom. The molecule has 0 bridgehead atoms. The first-order valence-electron chi connectivity index (χ1n) is 7.72. The van der Waals surface area contributed by atoms with Crippen LogP contribution in [0.4, 0.5) is 5.69 Å². The lowest BCUT2D eigenvalue weighted by atomic mass is 10.0. The predicted molar refractivity (Wildman–Crippen MR) is 85.0 cm³/mol. The lowest BCUT2D eigenvalue weighted by Crippen LogP contribution is -2.47. The van der Waals surface area contributed by atoms with Gasteiger partial charge in [-0.2, -0.15) is 0 Å². The van der Waals surface area contributed by atoms with Gasteiger partial charge in [-0.15, -0.1) is 0 Å². The van der Waals surface area contributed by atoms with E-state index in [0.717, 1.165) is 18.5 Å². The summed E-state index contributed by atoms with van der Waals surface area (Å²) in [6, 6.07) is 7.51. The fourth-order valence-electron chi connectivity index (χ4n) is 2.95. The van der Waals surface area contributed by atoms with Crippen LogP contribution >= 0.6 is 11.6 Å². The molecule has 0 aliphatic carbocycles. The zero-order valence-corrected chi connectivity index (χ0v) is 13.3. The maximum atomic E-state index is 12.2. The molecule has 1 aromatic rings. The van der Waals surface area contributed by atoms with Gasteiger partial charge in [-0.05, 0) is 18.2 Å². The molecule has 2 aliphatic heterocycles. The molecule has 2 saturated heterocycles. The van der Waals surface area contributed by atoms with E-state index in [1.54, 1.807) is 0 Å². The van der Waals surface area contributed by atoms with Crippen LogP contribution < -0.4 is 5.32 Å². The number of likely N-dealkylation sites (tertiary alicyclic amines) is 1. The second-order valence-electron chi connectivity index (χ2n) is 5.68. The molecule has 2 heterocycles. The Hall–Kier alpha value is -1.30. The number of nitrogens with one attached hydrogen (secondary N) is 1. The highest BCUT2D eigenvalue weighted by Gasteiger charge is 2.40. The van der Waals surface area contributed by atoms with Gasteiger partial charge in [0, 0.05) is 49.6 Å². The minimum Gasteiger partial charge on any atom is -0.384 e. The first kappa shape index (κ1) is 15.6. The Morgan fingerprint density at radius 3 is 2.68 bits per heavy atom. The van der Waals surface area contributed by atoms with Gasteiger partial charge in [-0.1, -0.05) is 17.7 Å². The number of nitrogens with zero attached hydrogens (tertiary/aromatic N) is 1. The van der Waals surface area contributed by atoms with E-state index in [9.17, 15) is 4.79 Å². The molecular formula is C16H21ClN2O3. The number of benzene rings is 1. The molecule has 5 nitrogen and oxygen atoms in total. The first-order valence-corrected chi connectivity index (χ1v) is 8.10. The van der Waals surface area contributed by atoms with Crippen molar-refractivity contribution in [3.63, 3.8) is 0 Å². The molecule has 6 heteroatoms. The molecule has 1 aromatic carbocycles. The highest BCUT2D eigenvalue weighted by Crippen LogP contribution is 2.31. The number of amides is 1. The van der Waals surface area contributed by atoms with E-state index in [4.69, 9.17) is 21.1 Å². The Labute approximate surface area is 135 Å². The van der Waals surface area contributed by atoms with Crippen molar-refractivity contribution >= 4 is 23.2 Å². The van der Waals surface area contributed by atoms with Crippen LogP contribution in [0.2, 0.25) is 5.02 Å². The summed E-state index contributed by atoms with van der Waals surface area (Å²) < 4.78 is 11.3. The van der Waals surface area contributed by atoms with E-state index >= 15 is 0 Å². The van der Waals surface area contributed by atoms with Gasteiger partial charge < -0.3 is 19.7 Å². The lowest BCUT2D eigenvalue weighted by Gasteiger charge is -2.37. The maximum Gasteiger partial charge on any atom is 0.224 e. The zero-order chi connectivity index (χ0) is 15.4. The highest BCUT2D eigenvalue weighted by molar-refractivity contribution is 6.30. The van der Waals surface area contributed by atoms with Gasteiger partial charge in [0.05, 0.1) is 13.2 Å². The summed E-state index contributed by atoms with van der Waals surface area (Å²) in [6.45, 7) is 3.34.